The van der Waals surface area contributed by atoms with E-state index in [0.717, 1.165) is 24.2 Å². The minimum absolute atomic E-state index is 0.141. The van der Waals surface area contributed by atoms with Gasteiger partial charge >= 0.3 is 5.97 Å². The fourth-order valence-electron chi connectivity index (χ4n) is 3.08. The summed E-state index contributed by atoms with van der Waals surface area (Å²) in [5, 5.41) is 12.5. The molecular weight excluding hydrogens is 430 g/mol. The number of aromatic nitrogens is 4. The van der Waals surface area contributed by atoms with E-state index < -0.39 is 28.4 Å². The van der Waals surface area contributed by atoms with E-state index in [2.05, 4.69) is 15.5 Å². The Morgan fingerprint density at radius 1 is 1.10 bits per heavy atom. The molecule has 10 nitrogen and oxygen atoms in total. The van der Waals surface area contributed by atoms with Crippen molar-refractivity contribution in [3.63, 3.8) is 0 Å². The number of ether oxygens (including phenoxy) is 1. The molecule has 3 aromatic rings. The molecule has 1 aromatic carbocycles. The van der Waals surface area contributed by atoms with Crippen LogP contribution in [0.3, 0.4) is 0 Å². The maximum absolute atomic E-state index is 12.5. The lowest BCUT2D eigenvalue weighted by atomic mass is 10.1. The summed E-state index contributed by atoms with van der Waals surface area (Å²) < 4.78 is 33.0. The van der Waals surface area contributed by atoms with Gasteiger partial charge in [-0.3, -0.25) is 4.79 Å². The molecular formula is C18H17N5O5S2. The Bertz CT molecular complexity index is 1150. The second-order valence-electron chi connectivity index (χ2n) is 6.52. The molecule has 0 atom stereocenters. The third kappa shape index (κ3) is 4.01. The summed E-state index contributed by atoms with van der Waals surface area (Å²) in [6.07, 6.45) is 3.04. The third-order valence-corrected chi connectivity index (χ3v) is 7.44. The summed E-state index contributed by atoms with van der Waals surface area (Å²) in [4.78, 5) is 25.1. The van der Waals surface area contributed by atoms with Crippen LogP contribution in [0, 0.1) is 0 Å². The van der Waals surface area contributed by atoms with Gasteiger partial charge in [-0.2, -0.15) is 8.99 Å². The number of rotatable bonds is 7. The normalized spacial score (nSPS) is 14.7. The van der Waals surface area contributed by atoms with E-state index in [1.807, 2.05) is 0 Å². The molecule has 0 amide bonds. The predicted molar refractivity (Wildman–Crippen MR) is 106 cm³/mol. The molecule has 1 fully saturated rings. The van der Waals surface area contributed by atoms with Gasteiger partial charge in [0.05, 0.1) is 10.6 Å². The molecule has 1 saturated heterocycles. The SMILES string of the molecule is O=C(COC(=O)c1sccc1-n1cnnn1)c1ccc(S(=O)(=O)N2CCCC2)cc1. The molecule has 156 valence electrons. The van der Waals surface area contributed by atoms with Gasteiger partial charge in [-0.15, -0.1) is 16.4 Å². The fraction of sp³-hybridized carbons (Fsp3) is 0.278. The number of esters is 1. The highest BCUT2D eigenvalue weighted by atomic mass is 32.2. The van der Waals surface area contributed by atoms with E-state index >= 15 is 0 Å². The summed E-state index contributed by atoms with van der Waals surface area (Å²) in [6, 6.07) is 7.32. The van der Waals surface area contributed by atoms with Crippen LogP contribution in [0.5, 0.6) is 0 Å². The standard InChI is InChI=1S/C18H17N5O5S2/c24-16(11-28-18(25)17-15(7-10-29-17)23-12-19-20-21-23)13-3-5-14(6-4-13)30(26,27)22-8-1-2-9-22/h3-7,10,12H,1-2,8-9,11H2. The number of benzene rings is 1. The van der Waals surface area contributed by atoms with Gasteiger partial charge in [0, 0.05) is 18.7 Å². The summed E-state index contributed by atoms with van der Waals surface area (Å²) in [5.74, 6) is -1.11. The zero-order valence-corrected chi connectivity index (χ0v) is 17.3. The van der Waals surface area contributed by atoms with Crippen molar-refractivity contribution >= 4 is 33.1 Å². The van der Waals surface area contributed by atoms with E-state index in [9.17, 15) is 18.0 Å². The van der Waals surface area contributed by atoms with E-state index in [4.69, 9.17) is 4.74 Å². The first kappa shape index (κ1) is 20.3. The summed E-state index contributed by atoms with van der Waals surface area (Å²) in [7, 11) is -3.54. The number of tetrazole rings is 1. The van der Waals surface area contributed by atoms with Crippen LogP contribution < -0.4 is 0 Å². The summed E-state index contributed by atoms with van der Waals surface area (Å²) in [6.45, 7) is 0.548. The number of hydrogen-bond donors (Lipinski definition) is 0. The molecule has 0 saturated carbocycles. The van der Waals surface area contributed by atoms with Crippen molar-refractivity contribution in [1.29, 1.82) is 0 Å². The van der Waals surface area contributed by atoms with Gasteiger partial charge < -0.3 is 4.74 Å². The molecule has 0 spiro atoms. The zero-order valence-electron chi connectivity index (χ0n) is 15.7. The second kappa shape index (κ2) is 8.42. The molecule has 1 aliphatic rings. The Balaban J connectivity index is 1.40. The zero-order chi connectivity index (χ0) is 21.1. The molecule has 0 N–H and O–H groups in total. The van der Waals surface area contributed by atoms with Crippen LogP contribution in [0.25, 0.3) is 5.69 Å². The Hall–Kier alpha value is -2.96. The van der Waals surface area contributed by atoms with Crippen LogP contribution in [-0.4, -0.2) is 64.4 Å². The lowest BCUT2D eigenvalue weighted by molar-refractivity contribution is 0.0479. The lowest BCUT2D eigenvalue weighted by Crippen LogP contribution is -2.27. The highest BCUT2D eigenvalue weighted by Gasteiger charge is 2.27. The van der Waals surface area contributed by atoms with Crippen molar-refractivity contribution in [3.05, 3.63) is 52.5 Å². The van der Waals surface area contributed by atoms with Crippen molar-refractivity contribution < 1.29 is 22.7 Å². The van der Waals surface area contributed by atoms with Gasteiger partial charge in [-0.05, 0) is 59.0 Å². The number of hydrogen-bond acceptors (Lipinski definition) is 9. The molecule has 3 heterocycles. The molecule has 0 radical (unpaired) electrons. The highest BCUT2D eigenvalue weighted by molar-refractivity contribution is 7.89. The molecule has 30 heavy (non-hydrogen) atoms. The Kier molecular flexibility index (Phi) is 5.70. The fourth-order valence-corrected chi connectivity index (χ4v) is 5.37. The Morgan fingerprint density at radius 3 is 2.50 bits per heavy atom. The Labute approximate surface area is 176 Å². The smallest absolute Gasteiger partial charge is 0.351 e. The Morgan fingerprint density at radius 2 is 1.83 bits per heavy atom. The number of carbonyl (C=O) groups excluding carboxylic acids is 2. The van der Waals surface area contributed by atoms with Crippen LogP contribution in [0.1, 0.15) is 32.9 Å². The molecule has 0 bridgehead atoms. The van der Waals surface area contributed by atoms with Crippen LogP contribution in [0.2, 0.25) is 0 Å². The molecule has 12 heteroatoms. The van der Waals surface area contributed by atoms with E-state index in [-0.39, 0.29) is 15.3 Å². The topological polar surface area (TPSA) is 124 Å². The molecule has 0 aliphatic carbocycles. The average molecular weight is 447 g/mol. The first-order valence-corrected chi connectivity index (χ1v) is 11.4. The highest BCUT2D eigenvalue weighted by Crippen LogP contribution is 2.22. The molecule has 4 rings (SSSR count). The van der Waals surface area contributed by atoms with Gasteiger partial charge in [-0.25, -0.2) is 13.2 Å². The summed E-state index contributed by atoms with van der Waals surface area (Å²) in [5.41, 5.74) is 0.717. The summed E-state index contributed by atoms with van der Waals surface area (Å²) >= 11 is 1.15. The lowest BCUT2D eigenvalue weighted by Gasteiger charge is -2.15. The molecule has 0 unspecified atom stereocenters. The number of thiophene rings is 1. The van der Waals surface area contributed by atoms with Crippen molar-refractivity contribution in [2.75, 3.05) is 19.7 Å². The minimum atomic E-state index is -3.54. The van der Waals surface area contributed by atoms with E-state index in [1.54, 1.807) is 11.4 Å². The van der Waals surface area contributed by atoms with Crippen LogP contribution in [0.4, 0.5) is 0 Å². The van der Waals surface area contributed by atoms with Crippen LogP contribution in [0.15, 0.2) is 46.9 Å². The minimum Gasteiger partial charge on any atom is -0.453 e. The van der Waals surface area contributed by atoms with E-state index in [1.165, 1.54) is 39.6 Å². The van der Waals surface area contributed by atoms with Gasteiger partial charge in [0.25, 0.3) is 0 Å². The number of nitrogens with zero attached hydrogens (tertiary/aromatic N) is 5. The first-order valence-electron chi connectivity index (χ1n) is 9.08. The van der Waals surface area contributed by atoms with Crippen molar-refractivity contribution in [1.82, 2.24) is 24.5 Å². The first-order chi connectivity index (χ1) is 14.5. The predicted octanol–water partition coefficient (Wildman–Crippen LogP) is 1.55. The van der Waals surface area contributed by atoms with Crippen LogP contribution in [-0.2, 0) is 14.8 Å². The maximum atomic E-state index is 12.5. The van der Waals surface area contributed by atoms with Gasteiger partial charge in [0.2, 0.25) is 10.0 Å². The third-order valence-electron chi connectivity index (χ3n) is 4.64. The monoisotopic (exact) mass is 447 g/mol. The van der Waals surface area contributed by atoms with Gasteiger partial charge in [0.15, 0.2) is 12.4 Å². The average Bonchev–Trinajstić information content (AvgIpc) is 3.52. The number of Topliss-reactive ketones (excluding diaryl/α,β-unsaturated/α-hetero) is 1. The van der Waals surface area contributed by atoms with Crippen molar-refractivity contribution in [2.45, 2.75) is 17.7 Å². The quantitative estimate of drug-likeness (QED) is 0.395. The maximum Gasteiger partial charge on any atom is 0.351 e. The molecule has 1 aliphatic heterocycles. The number of carbonyl (C=O) groups is 2. The van der Waals surface area contributed by atoms with Crippen LogP contribution >= 0.6 is 11.3 Å². The van der Waals surface area contributed by atoms with Crippen molar-refractivity contribution in [2.24, 2.45) is 0 Å². The van der Waals surface area contributed by atoms with Crippen molar-refractivity contribution in [3.8, 4) is 5.69 Å². The number of sulfonamides is 1. The number of ketones is 1. The molecule has 2 aromatic heterocycles. The largest absolute Gasteiger partial charge is 0.453 e. The second-order valence-corrected chi connectivity index (χ2v) is 9.38. The van der Waals surface area contributed by atoms with Gasteiger partial charge in [-0.1, -0.05) is 0 Å². The van der Waals surface area contributed by atoms with Gasteiger partial charge in [0.1, 0.15) is 11.2 Å². The van der Waals surface area contributed by atoms with E-state index in [0.29, 0.717) is 18.8 Å².